The molecular weight excluding hydrogens is 454 g/mol. The molecule has 8 nitrogen and oxygen atoms in total. The van der Waals surface area contributed by atoms with Gasteiger partial charge in [0.1, 0.15) is 5.56 Å². The van der Waals surface area contributed by atoms with Gasteiger partial charge < -0.3 is 28.7 Å². The molecule has 0 aliphatic heterocycles. The SMILES string of the molecule is CCOP(=O)(CCn1cc(C(=O)N(C)Cc2ccc(Cl)c(Cl)c2)c(O)c1O)OCC. The van der Waals surface area contributed by atoms with Crippen molar-refractivity contribution >= 4 is 36.7 Å². The molecule has 2 N–H and O–H groups in total. The number of amides is 1. The van der Waals surface area contributed by atoms with Gasteiger partial charge in [0.2, 0.25) is 5.88 Å². The molecule has 0 spiro atoms. The number of aromatic nitrogens is 1. The molecule has 11 heteroatoms. The first kappa shape index (κ1) is 24.6. The first-order valence-corrected chi connectivity index (χ1v) is 11.8. The van der Waals surface area contributed by atoms with E-state index in [0.717, 1.165) is 5.56 Å². The Morgan fingerprint density at radius 2 is 1.80 bits per heavy atom. The fraction of sp³-hybridized carbons (Fsp3) is 0.421. The summed E-state index contributed by atoms with van der Waals surface area (Å²) in [5.74, 6) is -1.56. The summed E-state index contributed by atoms with van der Waals surface area (Å²) in [6.45, 7) is 4.06. The van der Waals surface area contributed by atoms with E-state index >= 15 is 0 Å². The van der Waals surface area contributed by atoms with Gasteiger partial charge in [-0.1, -0.05) is 29.3 Å². The molecule has 30 heavy (non-hydrogen) atoms. The first-order chi connectivity index (χ1) is 14.1. The molecule has 0 fully saturated rings. The highest BCUT2D eigenvalue weighted by molar-refractivity contribution is 7.53. The van der Waals surface area contributed by atoms with Crippen LogP contribution < -0.4 is 0 Å². The third-order valence-electron chi connectivity index (χ3n) is 4.27. The van der Waals surface area contributed by atoms with Crippen LogP contribution in [0.25, 0.3) is 0 Å². The highest BCUT2D eigenvalue weighted by atomic mass is 35.5. The Kier molecular flexibility index (Phi) is 8.64. The van der Waals surface area contributed by atoms with Gasteiger partial charge in [0, 0.05) is 26.3 Å². The zero-order valence-corrected chi connectivity index (χ0v) is 19.4. The third-order valence-corrected chi connectivity index (χ3v) is 7.06. The number of carbonyl (C=O) groups is 1. The molecule has 0 saturated carbocycles. The van der Waals surface area contributed by atoms with Crippen LogP contribution in [0.2, 0.25) is 10.0 Å². The Morgan fingerprint density at radius 3 is 2.37 bits per heavy atom. The Hall–Kier alpha value is -1.70. The minimum absolute atomic E-state index is 0.0247. The van der Waals surface area contributed by atoms with E-state index in [4.69, 9.17) is 32.2 Å². The van der Waals surface area contributed by atoms with Crippen molar-refractivity contribution in [3.8, 4) is 11.6 Å². The number of hydrogen-bond acceptors (Lipinski definition) is 6. The van der Waals surface area contributed by atoms with Crippen molar-refractivity contribution in [3.63, 3.8) is 0 Å². The Balaban J connectivity index is 2.15. The summed E-state index contributed by atoms with van der Waals surface area (Å²) in [6.07, 6.45) is 1.28. The van der Waals surface area contributed by atoms with E-state index in [1.54, 1.807) is 39.1 Å². The van der Waals surface area contributed by atoms with Crippen molar-refractivity contribution in [1.29, 1.82) is 0 Å². The number of hydrogen-bond donors (Lipinski definition) is 2. The molecule has 1 heterocycles. The van der Waals surface area contributed by atoms with Crippen LogP contribution in [0, 0.1) is 0 Å². The number of rotatable bonds is 10. The molecule has 0 aliphatic rings. The molecule has 1 aromatic carbocycles. The maximum atomic E-state index is 12.8. The standard InChI is InChI=1S/C19H25Cl2N2O6P/c1-4-28-30(27,29-5-2)9-8-23-12-14(17(24)19(23)26)18(25)22(3)11-13-6-7-15(20)16(21)10-13/h6-7,10,12,24,26H,4-5,8-9,11H2,1-3H3. The lowest BCUT2D eigenvalue weighted by Gasteiger charge is -2.17. The van der Waals surface area contributed by atoms with Crippen molar-refractivity contribution in [2.45, 2.75) is 26.9 Å². The molecule has 0 bridgehead atoms. The van der Waals surface area contributed by atoms with Gasteiger partial charge in [0.05, 0.1) is 29.4 Å². The van der Waals surface area contributed by atoms with E-state index in [2.05, 4.69) is 0 Å². The molecule has 166 valence electrons. The summed E-state index contributed by atoms with van der Waals surface area (Å²) in [5, 5.41) is 21.2. The van der Waals surface area contributed by atoms with E-state index < -0.39 is 25.1 Å². The van der Waals surface area contributed by atoms with Gasteiger partial charge in [-0.15, -0.1) is 0 Å². The van der Waals surface area contributed by atoms with Crippen LogP contribution >= 0.6 is 30.8 Å². The van der Waals surface area contributed by atoms with Gasteiger partial charge in [-0.2, -0.15) is 0 Å². The predicted octanol–water partition coefficient (Wildman–Crippen LogP) is 4.74. The molecule has 0 atom stereocenters. The summed E-state index contributed by atoms with van der Waals surface area (Å²) in [6, 6.07) is 5.01. The highest BCUT2D eigenvalue weighted by Crippen LogP contribution is 2.48. The molecule has 1 aromatic heterocycles. The number of aryl methyl sites for hydroxylation is 1. The van der Waals surface area contributed by atoms with E-state index in [1.165, 1.54) is 15.7 Å². The third kappa shape index (κ3) is 5.93. The van der Waals surface area contributed by atoms with Crippen molar-refractivity contribution in [1.82, 2.24) is 9.47 Å². The fourth-order valence-electron chi connectivity index (χ4n) is 2.84. The first-order valence-electron chi connectivity index (χ1n) is 9.30. The van der Waals surface area contributed by atoms with Crippen molar-refractivity contribution in [2.75, 3.05) is 26.4 Å². The van der Waals surface area contributed by atoms with Gasteiger partial charge in [-0.05, 0) is 31.5 Å². The second-order valence-electron chi connectivity index (χ2n) is 6.49. The van der Waals surface area contributed by atoms with Gasteiger partial charge in [-0.3, -0.25) is 9.36 Å². The van der Waals surface area contributed by atoms with E-state index in [-0.39, 0.29) is 38.0 Å². The number of aromatic hydroxyl groups is 2. The van der Waals surface area contributed by atoms with E-state index in [0.29, 0.717) is 10.0 Å². The maximum Gasteiger partial charge on any atom is 0.332 e. The number of benzene rings is 1. The monoisotopic (exact) mass is 478 g/mol. The van der Waals surface area contributed by atoms with Gasteiger partial charge in [0.15, 0.2) is 5.75 Å². The van der Waals surface area contributed by atoms with Crippen LogP contribution in [0.1, 0.15) is 29.8 Å². The minimum Gasteiger partial charge on any atom is -0.503 e. The summed E-state index contributed by atoms with van der Waals surface area (Å²) >= 11 is 11.9. The van der Waals surface area contributed by atoms with Gasteiger partial charge >= 0.3 is 7.60 Å². The molecule has 0 saturated heterocycles. The second kappa shape index (κ2) is 10.6. The topological polar surface area (TPSA) is 101 Å². The molecule has 0 aliphatic carbocycles. The molecule has 0 radical (unpaired) electrons. The number of nitrogens with zero attached hydrogens (tertiary/aromatic N) is 2. The lowest BCUT2D eigenvalue weighted by atomic mass is 10.2. The molecule has 0 unspecified atom stereocenters. The van der Waals surface area contributed by atoms with Crippen LogP contribution in [0.15, 0.2) is 24.4 Å². The second-order valence-corrected chi connectivity index (χ2v) is 9.49. The quantitative estimate of drug-likeness (QED) is 0.478. The highest BCUT2D eigenvalue weighted by Gasteiger charge is 2.27. The number of halogens is 2. The van der Waals surface area contributed by atoms with Crippen molar-refractivity contribution in [2.24, 2.45) is 0 Å². The van der Waals surface area contributed by atoms with E-state index in [1.807, 2.05) is 0 Å². The summed E-state index contributed by atoms with van der Waals surface area (Å²) in [5.41, 5.74) is 0.662. The minimum atomic E-state index is -3.34. The zero-order chi connectivity index (χ0) is 22.5. The maximum absolute atomic E-state index is 12.8. The Labute approximate surface area is 185 Å². The van der Waals surface area contributed by atoms with Crippen LogP contribution in [0.4, 0.5) is 0 Å². The van der Waals surface area contributed by atoms with Gasteiger partial charge in [-0.25, -0.2) is 0 Å². The van der Waals surface area contributed by atoms with Crippen LogP contribution in [-0.2, 0) is 26.7 Å². The van der Waals surface area contributed by atoms with E-state index in [9.17, 15) is 19.6 Å². The average Bonchev–Trinajstić information content (AvgIpc) is 2.97. The molecule has 2 aromatic rings. The van der Waals surface area contributed by atoms with Crippen LogP contribution in [0.5, 0.6) is 11.6 Å². The Bertz CT molecular complexity index is 939. The van der Waals surface area contributed by atoms with Crippen molar-refractivity contribution < 1.29 is 28.6 Å². The van der Waals surface area contributed by atoms with Gasteiger partial charge in [0.25, 0.3) is 5.91 Å². The summed E-state index contributed by atoms with van der Waals surface area (Å²) in [7, 11) is -1.79. The lowest BCUT2D eigenvalue weighted by molar-refractivity contribution is 0.0782. The number of carbonyl (C=O) groups excluding carboxylic acids is 1. The molecular formula is C19H25Cl2N2O6P. The van der Waals surface area contributed by atoms with Crippen molar-refractivity contribution in [3.05, 3.63) is 45.6 Å². The normalized spacial score (nSPS) is 11.6. The largest absolute Gasteiger partial charge is 0.503 e. The Morgan fingerprint density at radius 1 is 1.17 bits per heavy atom. The van der Waals surface area contributed by atoms with Crippen LogP contribution in [-0.4, -0.2) is 52.0 Å². The molecule has 1 amide bonds. The molecule has 2 rings (SSSR count). The fourth-order valence-corrected chi connectivity index (χ4v) is 4.74. The average molecular weight is 479 g/mol. The smallest absolute Gasteiger partial charge is 0.332 e. The van der Waals surface area contributed by atoms with Crippen LogP contribution in [0.3, 0.4) is 0 Å². The predicted molar refractivity (Wildman–Crippen MR) is 116 cm³/mol. The lowest BCUT2D eigenvalue weighted by Crippen LogP contribution is -2.26. The summed E-state index contributed by atoms with van der Waals surface area (Å²) in [4.78, 5) is 14.1. The summed E-state index contributed by atoms with van der Waals surface area (Å²) < 4.78 is 24.3. The zero-order valence-electron chi connectivity index (χ0n) is 17.0.